The predicted octanol–water partition coefficient (Wildman–Crippen LogP) is 3.10. The zero-order valence-electron chi connectivity index (χ0n) is 14.5. The third-order valence-corrected chi connectivity index (χ3v) is 4.36. The molecule has 1 saturated heterocycles. The van der Waals surface area contributed by atoms with Crippen molar-refractivity contribution in [1.29, 1.82) is 0 Å². The first-order valence-corrected chi connectivity index (χ1v) is 8.87. The fourth-order valence-electron chi connectivity index (χ4n) is 2.91. The minimum atomic E-state index is 0.270. The number of carbonyl (C=O) groups is 1. The highest BCUT2D eigenvalue weighted by molar-refractivity contribution is 5.81. The lowest BCUT2D eigenvalue weighted by molar-refractivity contribution is -0.119. The zero-order chi connectivity index (χ0) is 17.3. The molecule has 132 valence electrons. The maximum atomic E-state index is 12.2. The second-order valence-electron chi connectivity index (χ2n) is 6.34. The Bertz CT molecular complexity index is 666. The van der Waals surface area contributed by atoms with Gasteiger partial charge in [0.1, 0.15) is 18.1 Å². The number of hydrogen-bond acceptors (Lipinski definition) is 4. The topological polar surface area (TPSA) is 38.8 Å². The quantitative estimate of drug-likeness (QED) is 0.741. The molecule has 1 heterocycles. The number of morpholine rings is 1. The molecule has 0 aromatic heterocycles. The van der Waals surface area contributed by atoms with E-state index in [9.17, 15) is 4.79 Å². The monoisotopic (exact) mass is 339 g/mol. The predicted molar refractivity (Wildman–Crippen MR) is 97.8 cm³/mol. The SMILES string of the molecule is O=C(CCN1CCOCC1)Cc1cccc(OCc2ccccc2)c1. The van der Waals surface area contributed by atoms with Crippen molar-refractivity contribution in [3.63, 3.8) is 0 Å². The highest BCUT2D eigenvalue weighted by Gasteiger charge is 2.12. The molecule has 25 heavy (non-hydrogen) atoms. The Morgan fingerprint density at radius 1 is 1.00 bits per heavy atom. The number of ether oxygens (including phenoxy) is 2. The van der Waals surface area contributed by atoms with E-state index >= 15 is 0 Å². The van der Waals surface area contributed by atoms with E-state index in [1.54, 1.807) is 0 Å². The lowest BCUT2D eigenvalue weighted by Gasteiger charge is -2.26. The summed E-state index contributed by atoms with van der Waals surface area (Å²) in [7, 11) is 0. The second-order valence-corrected chi connectivity index (χ2v) is 6.34. The molecule has 0 saturated carbocycles. The van der Waals surface area contributed by atoms with Gasteiger partial charge < -0.3 is 9.47 Å². The molecule has 1 fully saturated rings. The number of rotatable bonds is 8. The van der Waals surface area contributed by atoms with Crippen molar-refractivity contribution in [3.05, 3.63) is 65.7 Å². The van der Waals surface area contributed by atoms with Crippen LogP contribution in [0.4, 0.5) is 0 Å². The van der Waals surface area contributed by atoms with Gasteiger partial charge in [-0.1, -0.05) is 42.5 Å². The molecule has 4 nitrogen and oxygen atoms in total. The number of Topliss-reactive ketones (excluding diaryl/α,β-unsaturated/α-hetero) is 1. The number of carbonyl (C=O) groups excluding carboxylic acids is 1. The Kier molecular flexibility index (Phi) is 6.60. The number of benzene rings is 2. The number of hydrogen-bond donors (Lipinski definition) is 0. The first kappa shape index (κ1) is 17.6. The van der Waals surface area contributed by atoms with E-state index in [0.29, 0.717) is 19.4 Å². The van der Waals surface area contributed by atoms with Gasteiger partial charge in [0.05, 0.1) is 13.2 Å². The van der Waals surface area contributed by atoms with Gasteiger partial charge in [0.2, 0.25) is 0 Å². The van der Waals surface area contributed by atoms with Crippen LogP contribution >= 0.6 is 0 Å². The summed E-state index contributed by atoms with van der Waals surface area (Å²) in [5.74, 6) is 1.08. The Morgan fingerprint density at radius 2 is 1.76 bits per heavy atom. The molecule has 2 aromatic carbocycles. The van der Waals surface area contributed by atoms with Gasteiger partial charge in [0.15, 0.2) is 0 Å². The normalized spacial score (nSPS) is 15.0. The average Bonchev–Trinajstić information content (AvgIpc) is 2.67. The summed E-state index contributed by atoms with van der Waals surface area (Å²) in [6, 6.07) is 17.9. The van der Waals surface area contributed by atoms with Gasteiger partial charge in [-0.15, -0.1) is 0 Å². The van der Waals surface area contributed by atoms with Crippen molar-refractivity contribution in [2.24, 2.45) is 0 Å². The van der Waals surface area contributed by atoms with Crippen molar-refractivity contribution < 1.29 is 14.3 Å². The van der Waals surface area contributed by atoms with E-state index in [2.05, 4.69) is 4.90 Å². The zero-order valence-corrected chi connectivity index (χ0v) is 14.5. The van der Waals surface area contributed by atoms with Gasteiger partial charge in [-0.25, -0.2) is 0 Å². The molecule has 0 atom stereocenters. The van der Waals surface area contributed by atoms with Crippen LogP contribution in [0, 0.1) is 0 Å². The minimum Gasteiger partial charge on any atom is -0.489 e. The molecule has 0 radical (unpaired) electrons. The summed E-state index contributed by atoms with van der Waals surface area (Å²) in [6.45, 7) is 4.76. The average molecular weight is 339 g/mol. The Balaban J connectivity index is 1.46. The molecule has 0 N–H and O–H groups in total. The molecule has 0 unspecified atom stereocenters. The molecule has 0 bridgehead atoms. The van der Waals surface area contributed by atoms with Gasteiger partial charge >= 0.3 is 0 Å². The maximum absolute atomic E-state index is 12.2. The first-order chi connectivity index (χ1) is 12.3. The van der Waals surface area contributed by atoms with Crippen molar-refractivity contribution in [2.45, 2.75) is 19.4 Å². The molecular formula is C21H25NO3. The molecule has 0 aliphatic carbocycles. The smallest absolute Gasteiger partial charge is 0.138 e. The first-order valence-electron chi connectivity index (χ1n) is 8.87. The Morgan fingerprint density at radius 3 is 2.56 bits per heavy atom. The molecule has 1 aliphatic heterocycles. The molecule has 1 aliphatic rings. The van der Waals surface area contributed by atoms with Crippen LogP contribution in [0.15, 0.2) is 54.6 Å². The van der Waals surface area contributed by atoms with E-state index in [-0.39, 0.29) is 5.78 Å². The lowest BCUT2D eigenvalue weighted by atomic mass is 10.1. The van der Waals surface area contributed by atoms with Crippen molar-refractivity contribution in [1.82, 2.24) is 4.90 Å². The van der Waals surface area contributed by atoms with E-state index < -0.39 is 0 Å². The highest BCUT2D eigenvalue weighted by atomic mass is 16.5. The van der Waals surface area contributed by atoms with Gasteiger partial charge in [-0.3, -0.25) is 9.69 Å². The van der Waals surface area contributed by atoms with E-state index in [0.717, 1.165) is 49.7 Å². The summed E-state index contributed by atoms with van der Waals surface area (Å²) >= 11 is 0. The molecule has 2 aromatic rings. The molecule has 0 amide bonds. The van der Waals surface area contributed by atoms with E-state index in [4.69, 9.17) is 9.47 Å². The van der Waals surface area contributed by atoms with Crippen LogP contribution in [0.25, 0.3) is 0 Å². The van der Waals surface area contributed by atoms with Crippen LogP contribution in [0.3, 0.4) is 0 Å². The van der Waals surface area contributed by atoms with Crippen LogP contribution < -0.4 is 4.74 Å². The van der Waals surface area contributed by atoms with E-state index in [1.165, 1.54) is 0 Å². The largest absolute Gasteiger partial charge is 0.489 e. The maximum Gasteiger partial charge on any atom is 0.138 e. The van der Waals surface area contributed by atoms with Crippen LogP contribution in [-0.2, 0) is 22.6 Å². The van der Waals surface area contributed by atoms with Gasteiger partial charge in [0, 0.05) is 32.5 Å². The number of nitrogens with zero attached hydrogens (tertiary/aromatic N) is 1. The minimum absolute atomic E-state index is 0.270. The van der Waals surface area contributed by atoms with Crippen molar-refractivity contribution in [2.75, 3.05) is 32.8 Å². The molecular weight excluding hydrogens is 314 g/mol. The summed E-state index contributed by atoms with van der Waals surface area (Å²) in [5, 5.41) is 0. The van der Waals surface area contributed by atoms with Crippen LogP contribution in [0.1, 0.15) is 17.5 Å². The van der Waals surface area contributed by atoms with Crippen molar-refractivity contribution >= 4 is 5.78 Å². The third-order valence-electron chi connectivity index (χ3n) is 4.36. The number of ketones is 1. The summed E-state index contributed by atoms with van der Waals surface area (Å²) < 4.78 is 11.2. The van der Waals surface area contributed by atoms with Crippen LogP contribution in [0.5, 0.6) is 5.75 Å². The Hall–Kier alpha value is -2.17. The fraction of sp³-hybridized carbons (Fsp3) is 0.381. The van der Waals surface area contributed by atoms with Crippen LogP contribution in [-0.4, -0.2) is 43.5 Å². The molecule has 0 spiro atoms. The highest BCUT2D eigenvalue weighted by Crippen LogP contribution is 2.16. The summed E-state index contributed by atoms with van der Waals surface area (Å²) in [5.41, 5.74) is 2.15. The summed E-state index contributed by atoms with van der Waals surface area (Å²) in [6.07, 6.45) is 1.06. The lowest BCUT2D eigenvalue weighted by Crippen LogP contribution is -2.37. The summed E-state index contributed by atoms with van der Waals surface area (Å²) in [4.78, 5) is 14.5. The van der Waals surface area contributed by atoms with Gasteiger partial charge in [-0.05, 0) is 23.3 Å². The third kappa shape index (κ3) is 6.00. The Labute approximate surface area is 149 Å². The van der Waals surface area contributed by atoms with E-state index in [1.807, 2.05) is 54.6 Å². The molecule has 4 heteroatoms. The van der Waals surface area contributed by atoms with Crippen molar-refractivity contribution in [3.8, 4) is 5.75 Å². The standard InChI is InChI=1S/C21H25NO3/c23-20(9-10-22-11-13-24-14-12-22)15-19-7-4-8-21(16-19)25-17-18-5-2-1-3-6-18/h1-8,16H,9-15,17H2. The second kappa shape index (κ2) is 9.35. The van der Waals surface area contributed by atoms with Crippen LogP contribution in [0.2, 0.25) is 0 Å². The van der Waals surface area contributed by atoms with Gasteiger partial charge in [-0.2, -0.15) is 0 Å². The molecule has 3 rings (SSSR count). The van der Waals surface area contributed by atoms with Gasteiger partial charge in [0.25, 0.3) is 0 Å². The fourth-order valence-corrected chi connectivity index (χ4v) is 2.91.